The zero-order valence-electron chi connectivity index (χ0n) is 22.9. The predicted octanol–water partition coefficient (Wildman–Crippen LogP) is 6.13. The van der Waals surface area contributed by atoms with E-state index in [1.54, 1.807) is 24.3 Å². The van der Waals surface area contributed by atoms with Crippen molar-refractivity contribution in [3.05, 3.63) is 47.3 Å². The summed E-state index contributed by atoms with van der Waals surface area (Å²) in [5, 5.41) is 5.87. The lowest BCUT2D eigenvalue weighted by Gasteiger charge is -2.31. The van der Waals surface area contributed by atoms with Crippen molar-refractivity contribution in [1.29, 1.82) is 0 Å². The Bertz CT molecular complexity index is 1150. The van der Waals surface area contributed by atoms with Gasteiger partial charge in [0, 0.05) is 42.5 Å². The first-order valence-corrected chi connectivity index (χ1v) is 13.9. The summed E-state index contributed by atoms with van der Waals surface area (Å²) in [5.41, 5.74) is 0.118. The van der Waals surface area contributed by atoms with Crippen LogP contribution in [0.15, 0.2) is 30.5 Å². The number of carbonyl (C=O) groups is 2. The summed E-state index contributed by atoms with van der Waals surface area (Å²) in [6, 6.07) is 7.02. The molecule has 2 N–H and O–H groups in total. The molecule has 2 fully saturated rings. The first kappa shape index (κ1) is 28.8. The van der Waals surface area contributed by atoms with E-state index in [4.69, 9.17) is 0 Å². The molecule has 0 spiro atoms. The van der Waals surface area contributed by atoms with Crippen molar-refractivity contribution in [2.75, 3.05) is 12.4 Å². The van der Waals surface area contributed by atoms with E-state index >= 15 is 0 Å². The molecular weight excluding hydrogens is 507 g/mol. The summed E-state index contributed by atoms with van der Waals surface area (Å²) in [6.07, 6.45) is 3.86. The minimum Gasteiger partial charge on any atom is -0.354 e. The fourth-order valence-corrected chi connectivity index (χ4v) is 5.80. The van der Waals surface area contributed by atoms with E-state index in [1.807, 2.05) is 25.8 Å². The number of aromatic nitrogens is 2. The van der Waals surface area contributed by atoms with Gasteiger partial charge in [-0.2, -0.15) is 13.2 Å². The summed E-state index contributed by atoms with van der Waals surface area (Å²) >= 11 is 0. The highest BCUT2D eigenvalue weighted by atomic mass is 19.4. The van der Waals surface area contributed by atoms with Crippen LogP contribution in [0.4, 0.5) is 24.8 Å². The lowest BCUT2D eigenvalue weighted by molar-refractivity contribution is -0.138. The predicted molar refractivity (Wildman–Crippen MR) is 144 cm³/mol. The molecule has 2 amide bonds. The van der Waals surface area contributed by atoms with E-state index in [9.17, 15) is 22.8 Å². The minimum atomic E-state index is -4.60. The van der Waals surface area contributed by atoms with Gasteiger partial charge in [0.25, 0.3) is 5.91 Å². The van der Waals surface area contributed by atoms with E-state index in [1.165, 1.54) is 6.42 Å². The van der Waals surface area contributed by atoms with Crippen molar-refractivity contribution in [3.63, 3.8) is 0 Å². The van der Waals surface area contributed by atoms with Crippen LogP contribution in [0.5, 0.6) is 0 Å². The molecule has 212 valence electrons. The van der Waals surface area contributed by atoms with E-state index in [0.717, 1.165) is 38.3 Å². The molecule has 2 aliphatic carbocycles. The van der Waals surface area contributed by atoms with Crippen LogP contribution in [-0.4, -0.2) is 45.8 Å². The molecule has 4 rings (SSSR count). The maximum Gasteiger partial charge on any atom is 0.419 e. The molecule has 2 aromatic rings. The van der Waals surface area contributed by atoms with Crippen LogP contribution in [0.25, 0.3) is 0 Å². The Kier molecular flexibility index (Phi) is 9.12. The minimum absolute atomic E-state index is 0.0336. The molecule has 10 heteroatoms. The fourth-order valence-electron chi connectivity index (χ4n) is 5.80. The van der Waals surface area contributed by atoms with Crippen LogP contribution in [0.2, 0.25) is 0 Å². The Morgan fingerprint density at radius 2 is 1.72 bits per heavy atom. The maximum atomic E-state index is 13.8. The van der Waals surface area contributed by atoms with Crippen LogP contribution < -0.4 is 10.6 Å². The van der Waals surface area contributed by atoms with Crippen molar-refractivity contribution < 1.29 is 22.8 Å². The molecule has 0 unspecified atom stereocenters. The number of anilines is 2. The normalized spacial score (nSPS) is 20.2. The summed E-state index contributed by atoms with van der Waals surface area (Å²) in [4.78, 5) is 35.6. The molecular formula is C29H38F3N5O2. The molecule has 0 bridgehead atoms. The molecule has 2 atom stereocenters. The maximum absolute atomic E-state index is 13.8. The van der Waals surface area contributed by atoms with E-state index in [2.05, 4.69) is 20.6 Å². The van der Waals surface area contributed by atoms with Crippen LogP contribution in [0.3, 0.4) is 0 Å². The number of carbonyl (C=O) groups excluding carboxylic acids is 2. The lowest BCUT2D eigenvalue weighted by Crippen LogP contribution is -2.38. The fraction of sp³-hybridized carbons (Fsp3) is 0.586. The average Bonchev–Trinajstić information content (AvgIpc) is 3.36. The second-order valence-corrected chi connectivity index (χ2v) is 11.1. The van der Waals surface area contributed by atoms with Crippen molar-refractivity contribution in [3.8, 4) is 0 Å². The third-order valence-corrected chi connectivity index (χ3v) is 7.89. The number of alkyl halides is 3. The Balaban J connectivity index is 1.48. The van der Waals surface area contributed by atoms with Gasteiger partial charge >= 0.3 is 6.18 Å². The van der Waals surface area contributed by atoms with E-state index in [-0.39, 0.29) is 53.8 Å². The molecule has 2 saturated carbocycles. The van der Waals surface area contributed by atoms with Gasteiger partial charge in [-0.1, -0.05) is 25.7 Å². The number of hydrogen-bond acceptors (Lipinski definition) is 5. The second kappa shape index (κ2) is 12.3. The summed E-state index contributed by atoms with van der Waals surface area (Å²) in [5.74, 6) is -0.681. The summed E-state index contributed by atoms with van der Waals surface area (Å²) < 4.78 is 41.4. The Labute approximate surface area is 228 Å². The highest BCUT2D eigenvalue weighted by Crippen LogP contribution is 2.38. The first-order valence-electron chi connectivity index (χ1n) is 13.9. The number of rotatable bonds is 8. The molecule has 0 aliphatic heterocycles. The zero-order valence-corrected chi connectivity index (χ0v) is 22.9. The molecule has 0 radical (unpaired) electrons. The number of amides is 2. The molecule has 1 heterocycles. The largest absolute Gasteiger partial charge is 0.419 e. The Morgan fingerprint density at radius 1 is 1.03 bits per heavy atom. The van der Waals surface area contributed by atoms with Gasteiger partial charge in [0.2, 0.25) is 11.9 Å². The molecule has 1 aromatic carbocycles. The van der Waals surface area contributed by atoms with Gasteiger partial charge in [0.05, 0.1) is 11.3 Å². The van der Waals surface area contributed by atoms with Gasteiger partial charge in [-0.05, 0) is 76.1 Å². The third-order valence-electron chi connectivity index (χ3n) is 7.89. The van der Waals surface area contributed by atoms with Gasteiger partial charge in [0.1, 0.15) is 0 Å². The zero-order chi connectivity index (χ0) is 28.2. The third kappa shape index (κ3) is 7.28. The SMILES string of the molecule is CC(C)NC(=O)[C@H]1CCC[C@H]1Cc1nc(Nc2ccc(C(=O)N(C)C3CCCCC3)cc2)ncc1C(F)(F)F. The van der Waals surface area contributed by atoms with Gasteiger partial charge in [-0.3, -0.25) is 9.59 Å². The quantitative estimate of drug-likeness (QED) is 0.417. The van der Waals surface area contributed by atoms with Crippen molar-refractivity contribution in [1.82, 2.24) is 20.2 Å². The monoisotopic (exact) mass is 545 g/mol. The Hall–Kier alpha value is -3.17. The molecule has 1 aromatic heterocycles. The van der Waals surface area contributed by atoms with Gasteiger partial charge in [0.15, 0.2) is 0 Å². The van der Waals surface area contributed by atoms with Crippen LogP contribution >= 0.6 is 0 Å². The van der Waals surface area contributed by atoms with Crippen LogP contribution in [0.1, 0.15) is 86.8 Å². The first-order chi connectivity index (χ1) is 18.5. The van der Waals surface area contributed by atoms with E-state index < -0.39 is 11.7 Å². The number of hydrogen-bond donors (Lipinski definition) is 2. The van der Waals surface area contributed by atoms with Crippen LogP contribution in [-0.2, 0) is 17.4 Å². The summed E-state index contributed by atoms with van der Waals surface area (Å²) in [6.45, 7) is 3.73. The standard InChI is InChI=1S/C29H38F3N5O2/c1-18(2)34-26(38)23-11-7-8-20(23)16-25-24(29(30,31)32)17-33-28(36-25)35-21-14-12-19(13-15-21)27(39)37(3)22-9-5-4-6-10-22/h12-15,17-18,20,22-23H,4-11,16H2,1-3H3,(H,34,38)(H,33,35,36)/t20-,23-/m0/s1. The number of benzene rings is 1. The van der Waals surface area contributed by atoms with Crippen molar-refractivity contribution in [2.45, 2.75) is 89.9 Å². The molecule has 7 nitrogen and oxygen atoms in total. The molecule has 0 saturated heterocycles. The van der Waals surface area contributed by atoms with Crippen molar-refractivity contribution >= 4 is 23.5 Å². The molecule has 39 heavy (non-hydrogen) atoms. The summed E-state index contributed by atoms with van der Waals surface area (Å²) in [7, 11) is 1.84. The topological polar surface area (TPSA) is 87.2 Å². The van der Waals surface area contributed by atoms with E-state index in [0.29, 0.717) is 24.1 Å². The number of nitrogens with zero attached hydrogens (tertiary/aromatic N) is 3. The highest BCUT2D eigenvalue weighted by Gasteiger charge is 2.39. The number of halogens is 3. The van der Waals surface area contributed by atoms with Crippen molar-refractivity contribution in [2.24, 2.45) is 11.8 Å². The smallest absolute Gasteiger partial charge is 0.354 e. The average molecular weight is 546 g/mol. The highest BCUT2D eigenvalue weighted by molar-refractivity contribution is 5.94. The molecule has 2 aliphatic rings. The Morgan fingerprint density at radius 3 is 2.36 bits per heavy atom. The number of nitrogens with one attached hydrogen (secondary N) is 2. The second-order valence-electron chi connectivity index (χ2n) is 11.1. The van der Waals surface area contributed by atoms with Gasteiger partial charge in [-0.25, -0.2) is 9.97 Å². The van der Waals surface area contributed by atoms with Crippen LogP contribution in [0, 0.1) is 11.8 Å². The lowest BCUT2D eigenvalue weighted by atomic mass is 9.89. The van der Waals surface area contributed by atoms with Gasteiger partial charge in [-0.15, -0.1) is 0 Å². The van der Waals surface area contributed by atoms with Gasteiger partial charge < -0.3 is 15.5 Å².